The summed E-state index contributed by atoms with van der Waals surface area (Å²) in [6.45, 7) is 2.04. The first-order chi connectivity index (χ1) is 6.68. The molecule has 0 aliphatic rings. The largest absolute Gasteiger partial charge is 0.234 e. The molecule has 72 valence electrons. The number of aromatic nitrogens is 2. The molecule has 5 heteroatoms. The zero-order chi connectivity index (χ0) is 10.1. The normalized spacial score (nSPS) is 10.5. The topological polar surface area (TPSA) is 25.8 Å². The predicted molar refractivity (Wildman–Crippen MR) is 62.8 cm³/mol. The fourth-order valence-electron chi connectivity index (χ4n) is 1.13. The third kappa shape index (κ3) is 1.82. The van der Waals surface area contributed by atoms with Gasteiger partial charge in [-0.05, 0) is 51.6 Å². The second-order valence-corrected chi connectivity index (χ2v) is 4.69. The number of nitrogens with zero attached hydrogens (tertiary/aromatic N) is 2. The third-order valence-corrected chi connectivity index (χ3v) is 3.89. The maximum Gasteiger partial charge on any atom is 0.234 e. The van der Waals surface area contributed by atoms with Crippen LogP contribution in [0.2, 0.25) is 5.28 Å². The molecule has 0 amide bonds. The van der Waals surface area contributed by atoms with E-state index in [2.05, 4.69) is 25.3 Å². The molecule has 2 nitrogen and oxygen atoms in total. The van der Waals surface area contributed by atoms with Gasteiger partial charge in [-0.25, -0.2) is 4.98 Å². The van der Waals surface area contributed by atoms with Crippen LogP contribution < -0.4 is 0 Å². The summed E-state index contributed by atoms with van der Waals surface area (Å²) < 4.78 is 4.99. The Morgan fingerprint density at radius 3 is 2.86 bits per heavy atom. The van der Waals surface area contributed by atoms with Crippen molar-refractivity contribution in [1.82, 2.24) is 9.36 Å². The van der Waals surface area contributed by atoms with Gasteiger partial charge in [-0.2, -0.15) is 4.37 Å². The van der Waals surface area contributed by atoms with E-state index in [0.717, 1.165) is 15.0 Å². The quantitative estimate of drug-likeness (QED) is 0.795. The van der Waals surface area contributed by atoms with Gasteiger partial charge >= 0.3 is 0 Å². The Bertz CT molecular complexity index is 470. The Morgan fingerprint density at radius 2 is 2.21 bits per heavy atom. The van der Waals surface area contributed by atoms with Crippen molar-refractivity contribution in [3.05, 3.63) is 33.5 Å². The van der Waals surface area contributed by atoms with Crippen molar-refractivity contribution in [2.24, 2.45) is 0 Å². The fourth-order valence-corrected chi connectivity index (χ4v) is 2.55. The van der Waals surface area contributed by atoms with Crippen LogP contribution in [0.5, 0.6) is 0 Å². The van der Waals surface area contributed by atoms with Gasteiger partial charge in [-0.1, -0.05) is 18.2 Å². The smallest absolute Gasteiger partial charge is 0.205 e. The molecule has 0 radical (unpaired) electrons. The first-order valence-electron chi connectivity index (χ1n) is 3.93. The van der Waals surface area contributed by atoms with E-state index in [-0.39, 0.29) is 0 Å². The average Bonchev–Trinajstić information content (AvgIpc) is 2.57. The van der Waals surface area contributed by atoms with Gasteiger partial charge in [0.05, 0.1) is 0 Å². The molecule has 0 aliphatic heterocycles. The van der Waals surface area contributed by atoms with E-state index in [4.69, 9.17) is 11.6 Å². The molecular weight excluding hydrogens is 284 g/mol. The van der Waals surface area contributed by atoms with Crippen molar-refractivity contribution in [2.45, 2.75) is 6.92 Å². The summed E-state index contributed by atoms with van der Waals surface area (Å²) in [6, 6.07) is 6.02. The average molecular weight is 290 g/mol. The molecule has 0 atom stereocenters. The Kier molecular flexibility index (Phi) is 2.85. The first kappa shape index (κ1) is 10.1. The lowest BCUT2D eigenvalue weighted by Gasteiger charge is -2.02. The number of aryl methyl sites for hydroxylation is 1. The van der Waals surface area contributed by atoms with Crippen LogP contribution in [0.3, 0.4) is 0 Å². The monoisotopic (exact) mass is 288 g/mol. The lowest BCUT2D eigenvalue weighted by Crippen LogP contribution is -1.81. The van der Waals surface area contributed by atoms with Crippen LogP contribution in [0.4, 0.5) is 0 Å². The summed E-state index contributed by atoms with van der Waals surface area (Å²) in [5.41, 5.74) is 2.21. The molecule has 0 unspecified atom stereocenters. The highest BCUT2D eigenvalue weighted by atomic mass is 79.9. The Morgan fingerprint density at radius 1 is 1.43 bits per heavy atom. The van der Waals surface area contributed by atoms with Gasteiger partial charge in [0.1, 0.15) is 5.01 Å². The van der Waals surface area contributed by atoms with Crippen LogP contribution in [0, 0.1) is 6.92 Å². The summed E-state index contributed by atoms with van der Waals surface area (Å²) >= 11 is 10.5. The fraction of sp³-hybridized carbons (Fsp3) is 0.111. The molecule has 0 spiro atoms. The minimum Gasteiger partial charge on any atom is -0.205 e. The van der Waals surface area contributed by atoms with E-state index >= 15 is 0 Å². The number of rotatable bonds is 1. The maximum absolute atomic E-state index is 5.68. The Labute approximate surface area is 99.2 Å². The van der Waals surface area contributed by atoms with E-state index in [1.807, 2.05) is 25.1 Å². The summed E-state index contributed by atoms with van der Waals surface area (Å²) in [4.78, 5) is 4.13. The molecule has 0 saturated heterocycles. The van der Waals surface area contributed by atoms with E-state index in [1.165, 1.54) is 17.1 Å². The molecule has 1 aromatic carbocycles. The molecular formula is C9H6BrClN2S. The highest BCUT2D eigenvalue weighted by molar-refractivity contribution is 9.10. The van der Waals surface area contributed by atoms with Crippen molar-refractivity contribution < 1.29 is 0 Å². The molecule has 0 fully saturated rings. The summed E-state index contributed by atoms with van der Waals surface area (Å²) in [5, 5.41) is 1.14. The predicted octanol–water partition coefficient (Wildman–Crippen LogP) is 3.93. The van der Waals surface area contributed by atoms with Crippen molar-refractivity contribution in [3.63, 3.8) is 0 Å². The van der Waals surface area contributed by atoms with Gasteiger partial charge in [-0.3, -0.25) is 0 Å². The van der Waals surface area contributed by atoms with Crippen LogP contribution >= 0.6 is 39.1 Å². The number of hydrogen-bond donors (Lipinski definition) is 0. The van der Waals surface area contributed by atoms with Crippen LogP contribution in [-0.2, 0) is 0 Å². The van der Waals surface area contributed by atoms with E-state index in [9.17, 15) is 0 Å². The van der Waals surface area contributed by atoms with Crippen molar-refractivity contribution in [3.8, 4) is 10.6 Å². The van der Waals surface area contributed by atoms with Gasteiger partial charge in [0, 0.05) is 10.0 Å². The van der Waals surface area contributed by atoms with Gasteiger partial charge in [-0.15, -0.1) is 0 Å². The van der Waals surface area contributed by atoms with E-state index in [1.54, 1.807) is 0 Å². The second-order valence-electron chi connectivity index (χ2n) is 2.81. The summed E-state index contributed by atoms with van der Waals surface area (Å²) in [6.07, 6.45) is 0. The van der Waals surface area contributed by atoms with Crippen LogP contribution in [-0.4, -0.2) is 9.36 Å². The van der Waals surface area contributed by atoms with Gasteiger partial charge in [0.2, 0.25) is 5.28 Å². The Hall–Kier alpha value is -0.450. The number of hydrogen-bond acceptors (Lipinski definition) is 3. The van der Waals surface area contributed by atoms with Gasteiger partial charge in [0.15, 0.2) is 0 Å². The highest BCUT2D eigenvalue weighted by Crippen LogP contribution is 2.32. The minimum atomic E-state index is 0.304. The van der Waals surface area contributed by atoms with Crippen LogP contribution in [0.25, 0.3) is 10.6 Å². The van der Waals surface area contributed by atoms with Crippen molar-refractivity contribution in [2.75, 3.05) is 0 Å². The van der Waals surface area contributed by atoms with E-state index in [0.29, 0.717) is 5.28 Å². The lowest BCUT2D eigenvalue weighted by molar-refractivity contribution is 1.32. The van der Waals surface area contributed by atoms with Crippen molar-refractivity contribution in [1.29, 1.82) is 0 Å². The lowest BCUT2D eigenvalue weighted by atomic mass is 10.1. The summed E-state index contributed by atoms with van der Waals surface area (Å²) in [5.74, 6) is 0. The van der Waals surface area contributed by atoms with Crippen LogP contribution in [0.15, 0.2) is 22.7 Å². The third-order valence-electron chi connectivity index (χ3n) is 1.82. The molecule has 0 aliphatic carbocycles. The number of halogens is 2. The highest BCUT2D eigenvalue weighted by Gasteiger charge is 2.09. The van der Waals surface area contributed by atoms with Gasteiger partial charge in [0.25, 0.3) is 0 Å². The van der Waals surface area contributed by atoms with Crippen molar-refractivity contribution >= 4 is 39.1 Å². The standard InChI is InChI=1S/C9H6BrClN2S/c1-5-3-2-4-6(7(5)10)8-12-9(11)13-14-8/h2-4H,1H3. The maximum atomic E-state index is 5.68. The minimum absolute atomic E-state index is 0.304. The van der Waals surface area contributed by atoms with Gasteiger partial charge < -0.3 is 0 Å². The molecule has 1 aromatic heterocycles. The van der Waals surface area contributed by atoms with Crippen LogP contribution in [0.1, 0.15) is 5.56 Å². The van der Waals surface area contributed by atoms with E-state index < -0.39 is 0 Å². The number of benzene rings is 1. The molecule has 0 saturated carbocycles. The summed E-state index contributed by atoms with van der Waals surface area (Å²) in [7, 11) is 0. The molecule has 0 N–H and O–H groups in total. The molecule has 2 aromatic rings. The first-order valence-corrected chi connectivity index (χ1v) is 5.87. The zero-order valence-corrected chi connectivity index (χ0v) is 10.4. The molecule has 14 heavy (non-hydrogen) atoms. The SMILES string of the molecule is Cc1cccc(-c2nc(Cl)ns2)c1Br. The molecule has 0 bridgehead atoms. The zero-order valence-electron chi connectivity index (χ0n) is 7.29. The molecule has 2 rings (SSSR count). The molecule has 1 heterocycles. The second kappa shape index (κ2) is 3.96. The Balaban J connectivity index is 2.57.